The van der Waals surface area contributed by atoms with Crippen LogP contribution in [-0.2, 0) is 0 Å². The van der Waals surface area contributed by atoms with E-state index in [1.165, 1.54) is 42.5 Å². The first-order valence-electron chi connectivity index (χ1n) is 12.9. The van der Waals surface area contributed by atoms with E-state index in [1.54, 1.807) is 19.3 Å². The third kappa shape index (κ3) is 6.05. The number of halogens is 3. The monoisotopic (exact) mass is 590 g/mol. The van der Waals surface area contributed by atoms with Crippen LogP contribution in [-0.4, -0.2) is 66.0 Å². The van der Waals surface area contributed by atoms with Crippen LogP contribution in [0.3, 0.4) is 0 Å². The van der Waals surface area contributed by atoms with Crippen molar-refractivity contribution in [1.82, 2.24) is 19.9 Å². The molecule has 1 aromatic carbocycles. The number of aryl methyl sites for hydroxylation is 1. The number of alkyl halides is 3. The first kappa shape index (κ1) is 28.9. The summed E-state index contributed by atoms with van der Waals surface area (Å²) in [5.74, 6) is -0.250. The summed E-state index contributed by atoms with van der Waals surface area (Å²) in [4.78, 5) is 18.2. The molecule has 0 amide bonds. The maximum absolute atomic E-state index is 12.5. The SMILES string of the molecule is Cc1nc(N[C@H](C)c2ccc(OC(F)(F)F)cc2)nc(N[C@@H]2C[C@H](CO)[C@@H](O)[C@@]2(C)O)c1-c1nc2cnccc2s1. The predicted octanol–water partition coefficient (Wildman–Crippen LogP) is 4.43. The zero-order valence-corrected chi connectivity index (χ0v) is 23.2. The molecule has 0 unspecified atom stereocenters. The molecule has 14 heteroatoms. The van der Waals surface area contributed by atoms with Gasteiger partial charge in [0.15, 0.2) is 0 Å². The van der Waals surface area contributed by atoms with Crippen molar-refractivity contribution in [3.8, 4) is 16.3 Å². The van der Waals surface area contributed by atoms with Gasteiger partial charge in [0, 0.05) is 18.7 Å². The van der Waals surface area contributed by atoms with Gasteiger partial charge in [-0.2, -0.15) is 4.98 Å². The zero-order valence-electron chi connectivity index (χ0n) is 22.3. The number of fused-ring (bicyclic) bond motifs is 1. The number of thiazole rings is 1. The molecule has 5 rings (SSSR count). The number of pyridine rings is 1. The summed E-state index contributed by atoms with van der Waals surface area (Å²) in [6.45, 7) is 4.83. The summed E-state index contributed by atoms with van der Waals surface area (Å²) < 4.78 is 42.5. The lowest BCUT2D eigenvalue weighted by Crippen LogP contribution is -2.48. The smallest absolute Gasteiger partial charge is 0.406 e. The largest absolute Gasteiger partial charge is 0.573 e. The molecule has 4 aromatic rings. The lowest BCUT2D eigenvalue weighted by Gasteiger charge is -2.30. The molecule has 3 heterocycles. The molecular formula is C27H29F3N6O4S. The molecule has 5 atom stereocenters. The number of hydrogen-bond donors (Lipinski definition) is 5. The molecule has 0 bridgehead atoms. The first-order valence-corrected chi connectivity index (χ1v) is 13.7. The number of aliphatic hydroxyl groups is 3. The quantitative estimate of drug-likeness (QED) is 0.200. The van der Waals surface area contributed by atoms with Gasteiger partial charge in [0.25, 0.3) is 0 Å². The molecule has 41 heavy (non-hydrogen) atoms. The molecule has 1 fully saturated rings. The molecule has 1 aliphatic carbocycles. The number of aliphatic hydroxyl groups excluding tert-OH is 2. The van der Waals surface area contributed by atoms with Gasteiger partial charge in [0.05, 0.1) is 40.3 Å². The Morgan fingerprint density at radius 2 is 1.90 bits per heavy atom. The molecule has 0 aliphatic heterocycles. The summed E-state index contributed by atoms with van der Waals surface area (Å²) in [5, 5.41) is 38.5. The Morgan fingerprint density at radius 1 is 1.17 bits per heavy atom. The normalized spacial score (nSPS) is 23.5. The molecule has 1 saturated carbocycles. The van der Waals surface area contributed by atoms with Gasteiger partial charge >= 0.3 is 6.36 Å². The Bertz CT molecular complexity index is 1500. The zero-order chi connectivity index (χ0) is 29.5. The van der Waals surface area contributed by atoms with Crippen molar-refractivity contribution in [3.05, 3.63) is 54.0 Å². The van der Waals surface area contributed by atoms with Crippen LogP contribution in [0.5, 0.6) is 5.75 Å². The van der Waals surface area contributed by atoms with Crippen LogP contribution in [0.4, 0.5) is 24.9 Å². The van der Waals surface area contributed by atoms with E-state index in [1.807, 2.05) is 13.0 Å². The van der Waals surface area contributed by atoms with Gasteiger partial charge in [-0.3, -0.25) is 4.98 Å². The molecular weight excluding hydrogens is 561 g/mol. The van der Waals surface area contributed by atoms with Gasteiger partial charge in [-0.1, -0.05) is 12.1 Å². The highest BCUT2D eigenvalue weighted by atomic mass is 32.1. The van der Waals surface area contributed by atoms with Crippen LogP contribution in [0.1, 0.15) is 37.6 Å². The molecule has 0 saturated heterocycles. The third-order valence-corrected chi connectivity index (χ3v) is 8.34. The van der Waals surface area contributed by atoms with E-state index in [2.05, 4.69) is 25.3 Å². The average molecular weight is 591 g/mol. The number of anilines is 2. The van der Waals surface area contributed by atoms with E-state index in [0.717, 1.165) is 4.70 Å². The highest BCUT2D eigenvalue weighted by Crippen LogP contribution is 2.41. The minimum Gasteiger partial charge on any atom is -0.406 e. The summed E-state index contributed by atoms with van der Waals surface area (Å²) in [7, 11) is 0. The Morgan fingerprint density at radius 3 is 2.54 bits per heavy atom. The number of aromatic nitrogens is 4. The van der Waals surface area contributed by atoms with Gasteiger partial charge in [-0.05, 0) is 51.0 Å². The van der Waals surface area contributed by atoms with Gasteiger partial charge in [0.1, 0.15) is 27.7 Å². The number of ether oxygens (including phenoxy) is 1. The fourth-order valence-corrected chi connectivity index (χ4v) is 6.05. The Labute approximate surface area is 237 Å². The molecule has 0 spiro atoms. The van der Waals surface area contributed by atoms with Crippen LogP contribution < -0.4 is 15.4 Å². The lowest BCUT2D eigenvalue weighted by atomic mass is 9.96. The Kier molecular flexibility index (Phi) is 7.76. The minimum absolute atomic E-state index is 0.233. The predicted molar refractivity (Wildman–Crippen MR) is 148 cm³/mol. The van der Waals surface area contributed by atoms with Crippen LogP contribution in [0.15, 0.2) is 42.7 Å². The van der Waals surface area contributed by atoms with Crippen LogP contribution in [0, 0.1) is 12.8 Å². The first-order chi connectivity index (χ1) is 19.4. The number of rotatable bonds is 8. The van der Waals surface area contributed by atoms with Gasteiger partial charge < -0.3 is 30.7 Å². The van der Waals surface area contributed by atoms with Crippen molar-refractivity contribution in [1.29, 1.82) is 0 Å². The van der Waals surface area contributed by atoms with Gasteiger partial charge in [-0.25, -0.2) is 9.97 Å². The fourth-order valence-electron chi connectivity index (χ4n) is 5.02. The number of hydrogen-bond acceptors (Lipinski definition) is 11. The Balaban J connectivity index is 1.48. The van der Waals surface area contributed by atoms with E-state index in [-0.39, 0.29) is 18.3 Å². The second kappa shape index (κ2) is 11.0. The summed E-state index contributed by atoms with van der Waals surface area (Å²) in [6, 6.07) is 6.31. The molecule has 1 aliphatic rings. The maximum atomic E-state index is 12.5. The van der Waals surface area contributed by atoms with E-state index in [4.69, 9.17) is 9.97 Å². The highest BCUT2D eigenvalue weighted by Gasteiger charge is 2.50. The van der Waals surface area contributed by atoms with Crippen molar-refractivity contribution in [2.24, 2.45) is 5.92 Å². The molecule has 5 N–H and O–H groups in total. The van der Waals surface area contributed by atoms with Gasteiger partial charge in [-0.15, -0.1) is 24.5 Å². The lowest BCUT2D eigenvalue weighted by molar-refractivity contribution is -0.274. The van der Waals surface area contributed by atoms with Crippen molar-refractivity contribution in [2.45, 2.75) is 57.3 Å². The molecule has 0 radical (unpaired) electrons. The topological polar surface area (TPSA) is 146 Å². The Hall–Kier alpha value is -3.59. The molecule has 218 valence electrons. The molecule has 3 aromatic heterocycles. The van der Waals surface area contributed by atoms with Crippen molar-refractivity contribution < 1.29 is 33.2 Å². The van der Waals surface area contributed by atoms with Crippen molar-refractivity contribution in [3.63, 3.8) is 0 Å². The maximum Gasteiger partial charge on any atom is 0.573 e. The van der Waals surface area contributed by atoms with E-state index in [9.17, 15) is 28.5 Å². The summed E-state index contributed by atoms with van der Waals surface area (Å²) in [6.07, 6.45) is -2.30. The summed E-state index contributed by atoms with van der Waals surface area (Å²) >= 11 is 1.43. The standard InChI is InChI=1S/C27H29F3N6O4S/c1-13(15-4-6-17(7-5-15)40-27(28,29)30)32-25-33-14(2)21(24-34-18-11-31-9-8-19(18)41-24)23(36-25)35-20-10-16(12-37)22(38)26(20,3)39/h4-9,11,13,16,20,22,37-39H,10,12H2,1-3H3,(H2,32,33,35,36)/t13-,16-,20-,22-,26+/m1/s1. The van der Waals surface area contributed by atoms with Gasteiger partial charge in [0.2, 0.25) is 5.95 Å². The summed E-state index contributed by atoms with van der Waals surface area (Å²) in [5.41, 5.74) is 1.01. The third-order valence-electron chi connectivity index (χ3n) is 7.29. The second-order valence-electron chi connectivity index (χ2n) is 10.2. The van der Waals surface area contributed by atoms with E-state index in [0.29, 0.717) is 39.6 Å². The highest BCUT2D eigenvalue weighted by molar-refractivity contribution is 7.21. The van der Waals surface area contributed by atoms with Crippen LogP contribution in [0.25, 0.3) is 20.8 Å². The van der Waals surface area contributed by atoms with Crippen LogP contribution >= 0.6 is 11.3 Å². The fraction of sp³-hybridized carbons (Fsp3) is 0.407. The molecule has 10 nitrogen and oxygen atoms in total. The van der Waals surface area contributed by atoms with Crippen molar-refractivity contribution in [2.75, 3.05) is 17.2 Å². The van der Waals surface area contributed by atoms with Crippen molar-refractivity contribution >= 4 is 33.3 Å². The van der Waals surface area contributed by atoms with Crippen LogP contribution in [0.2, 0.25) is 0 Å². The van der Waals surface area contributed by atoms with E-state index >= 15 is 0 Å². The second-order valence-corrected chi connectivity index (χ2v) is 11.3. The number of benzene rings is 1. The number of nitrogens with zero attached hydrogens (tertiary/aromatic N) is 4. The average Bonchev–Trinajstić information content (AvgIpc) is 3.41. The minimum atomic E-state index is -4.78. The number of nitrogens with one attached hydrogen (secondary N) is 2. The van der Waals surface area contributed by atoms with E-state index < -0.39 is 36.1 Å².